The van der Waals surface area contributed by atoms with Gasteiger partial charge in [-0.25, -0.2) is 36.1 Å². The maximum atomic E-state index is 13.5. The van der Waals surface area contributed by atoms with E-state index in [9.17, 15) is 60.6 Å². The summed E-state index contributed by atoms with van der Waals surface area (Å²) in [7, 11) is -6.36. The minimum Gasteiger partial charge on any atom is -0.395 e. The van der Waals surface area contributed by atoms with Gasteiger partial charge in [-0.05, 0) is 12.1 Å². The molecule has 2 aromatic heterocycles. The van der Waals surface area contributed by atoms with Crippen molar-refractivity contribution in [2.24, 2.45) is 0 Å². The SMILES string of the molecule is CN(CCO)c1cc2c(=O)n(NS(C)(=O)=O)c(=O)[nH]c2cc1[N+](=O)[O-].CS(=O)(=O)Nn1c(=O)[nH]c2cc([N+](=O)[O-])c(F)cc2c1=O. The van der Waals surface area contributed by atoms with Crippen LogP contribution in [-0.4, -0.2) is 83.8 Å². The molecule has 0 aliphatic carbocycles. The van der Waals surface area contributed by atoms with Gasteiger partial charge >= 0.3 is 17.1 Å². The summed E-state index contributed by atoms with van der Waals surface area (Å²) in [6.07, 6.45) is 1.47. The van der Waals surface area contributed by atoms with Crippen LogP contribution in [-0.2, 0) is 20.0 Å². The number of H-pyrrole nitrogens is 2. The van der Waals surface area contributed by atoms with Gasteiger partial charge in [0.15, 0.2) is 0 Å². The number of nitrogens with one attached hydrogen (secondary N) is 4. The third-order valence-corrected chi connectivity index (χ3v) is 6.74. The Kier molecular flexibility index (Phi) is 9.63. The first-order valence-electron chi connectivity index (χ1n) is 12.0. The molecule has 22 nitrogen and oxygen atoms in total. The third kappa shape index (κ3) is 7.68. The summed E-state index contributed by atoms with van der Waals surface area (Å²) in [6, 6.07) is 3.39. The zero-order valence-corrected chi connectivity index (χ0v) is 25.1. The highest BCUT2D eigenvalue weighted by atomic mass is 32.2. The fourth-order valence-electron chi connectivity index (χ4n) is 3.83. The Bertz CT molecular complexity index is 2370. The highest BCUT2D eigenvalue weighted by molar-refractivity contribution is 7.91. The molecular weight excluding hydrogens is 669 g/mol. The molecule has 0 aliphatic heterocycles. The minimum absolute atomic E-state index is 0.0293. The summed E-state index contributed by atoms with van der Waals surface area (Å²) in [5, 5.41) is 30.3. The molecule has 248 valence electrons. The van der Waals surface area contributed by atoms with E-state index in [0.29, 0.717) is 18.4 Å². The van der Waals surface area contributed by atoms with E-state index < -0.39 is 69.3 Å². The summed E-state index contributed by atoms with van der Waals surface area (Å²) in [4.78, 5) is 77.0. The fourth-order valence-corrected chi connectivity index (χ4v) is 4.82. The lowest BCUT2D eigenvalue weighted by molar-refractivity contribution is -0.387. The van der Waals surface area contributed by atoms with E-state index >= 15 is 0 Å². The van der Waals surface area contributed by atoms with Gasteiger partial charge in [0.2, 0.25) is 25.9 Å². The molecule has 0 bridgehead atoms. The number of benzene rings is 2. The predicted molar refractivity (Wildman–Crippen MR) is 160 cm³/mol. The van der Waals surface area contributed by atoms with Crippen LogP contribution in [0.3, 0.4) is 0 Å². The first kappa shape index (κ1) is 34.8. The molecule has 2 heterocycles. The second-order valence-electron chi connectivity index (χ2n) is 9.26. The topological polar surface area (TPSA) is 312 Å². The second-order valence-corrected chi connectivity index (χ2v) is 12.7. The van der Waals surface area contributed by atoms with Gasteiger partial charge in [-0.3, -0.25) is 29.8 Å². The Morgan fingerprint density at radius 2 is 1.24 bits per heavy atom. The monoisotopic (exact) mass is 691 g/mol. The van der Waals surface area contributed by atoms with Crippen molar-refractivity contribution < 1.29 is 36.2 Å². The van der Waals surface area contributed by atoms with Crippen molar-refractivity contribution in [3.05, 3.63) is 92.0 Å². The summed E-state index contributed by atoms with van der Waals surface area (Å²) < 4.78 is 58.6. The number of aliphatic hydroxyl groups is 1. The number of sulfonamides is 2. The second kappa shape index (κ2) is 12.7. The van der Waals surface area contributed by atoms with Crippen molar-refractivity contribution in [2.45, 2.75) is 0 Å². The molecule has 2 aromatic carbocycles. The van der Waals surface area contributed by atoms with Crippen molar-refractivity contribution in [3.8, 4) is 0 Å². The molecule has 46 heavy (non-hydrogen) atoms. The van der Waals surface area contributed by atoms with Crippen LogP contribution >= 0.6 is 0 Å². The standard InChI is InChI=1S/C12H15N5O7S.C9H7FN4O6S/c1-15(3-4-18)9-5-7-8(6-10(9)17(21)22)13-12(20)16(11(7)19)14-25(2,23)24;1-21(19,20)12-13-8(15)4-2-5(10)7(14(17)18)3-6(4)11-9(13)16/h5-6,14,18H,3-4H2,1-2H3,(H,13,20);2-3,12H,1H3,(H,11,16). The van der Waals surface area contributed by atoms with Crippen molar-refractivity contribution >= 4 is 58.9 Å². The number of hydrogen-bond acceptors (Lipinski definition) is 14. The molecule has 5 N–H and O–H groups in total. The molecule has 4 rings (SSSR count). The Hall–Kier alpha value is -5.69. The lowest BCUT2D eigenvalue weighted by atomic mass is 10.1. The van der Waals surface area contributed by atoms with Gasteiger partial charge < -0.3 is 20.0 Å². The summed E-state index contributed by atoms with van der Waals surface area (Å²) in [6.45, 7) is -0.220. The summed E-state index contributed by atoms with van der Waals surface area (Å²) >= 11 is 0. The van der Waals surface area contributed by atoms with Crippen molar-refractivity contribution in [1.29, 1.82) is 0 Å². The van der Waals surface area contributed by atoms with E-state index in [1.807, 2.05) is 0 Å². The number of aromatic nitrogens is 4. The molecule has 0 amide bonds. The molecule has 4 aromatic rings. The lowest BCUT2D eigenvalue weighted by Gasteiger charge is -2.18. The number of halogens is 1. The number of aliphatic hydroxyl groups excluding tert-OH is 1. The number of fused-ring (bicyclic) bond motifs is 2. The van der Waals surface area contributed by atoms with Gasteiger partial charge in [0.05, 0.1) is 50.8 Å². The van der Waals surface area contributed by atoms with Gasteiger partial charge in [0, 0.05) is 25.7 Å². The van der Waals surface area contributed by atoms with Crippen LogP contribution in [0.25, 0.3) is 21.8 Å². The van der Waals surface area contributed by atoms with E-state index in [4.69, 9.17) is 5.11 Å². The maximum Gasteiger partial charge on any atom is 0.348 e. The summed E-state index contributed by atoms with van der Waals surface area (Å²) in [5.41, 5.74) is -6.09. The van der Waals surface area contributed by atoms with Crippen LogP contribution in [0.4, 0.5) is 21.5 Å². The van der Waals surface area contributed by atoms with Crippen molar-refractivity contribution in [3.63, 3.8) is 0 Å². The summed E-state index contributed by atoms with van der Waals surface area (Å²) in [5.74, 6) is -1.29. The van der Waals surface area contributed by atoms with Crippen molar-refractivity contribution in [2.75, 3.05) is 47.3 Å². The van der Waals surface area contributed by atoms with Crippen LogP contribution in [0.5, 0.6) is 0 Å². The number of rotatable bonds is 9. The fraction of sp³-hybridized carbons (Fsp3) is 0.238. The van der Waals surface area contributed by atoms with Gasteiger partial charge in [-0.2, -0.15) is 13.7 Å². The quantitative estimate of drug-likeness (QED) is 0.0917. The molecule has 0 atom stereocenters. The highest BCUT2D eigenvalue weighted by Gasteiger charge is 2.22. The van der Waals surface area contributed by atoms with Crippen LogP contribution < -0.4 is 37.1 Å². The Morgan fingerprint density at radius 3 is 1.63 bits per heavy atom. The molecule has 0 aliphatic rings. The average molecular weight is 692 g/mol. The number of aromatic amines is 2. The highest BCUT2D eigenvalue weighted by Crippen LogP contribution is 2.30. The van der Waals surface area contributed by atoms with Gasteiger partial charge in [0.25, 0.3) is 16.8 Å². The average Bonchev–Trinajstić information content (AvgIpc) is 2.92. The van der Waals surface area contributed by atoms with Crippen molar-refractivity contribution in [1.82, 2.24) is 19.3 Å². The third-order valence-electron chi connectivity index (χ3n) is 5.71. The Morgan fingerprint density at radius 1 is 0.826 bits per heavy atom. The number of nitro groups is 2. The number of nitrogens with zero attached hydrogens (tertiary/aromatic N) is 5. The molecule has 0 fully saturated rings. The number of hydrogen-bond donors (Lipinski definition) is 5. The van der Waals surface area contributed by atoms with Gasteiger partial charge in [-0.15, -0.1) is 0 Å². The van der Waals surface area contributed by atoms with E-state index in [0.717, 1.165) is 18.4 Å². The first-order valence-corrected chi connectivity index (χ1v) is 15.8. The normalized spacial score (nSPS) is 11.5. The molecule has 0 saturated carbocycles. The van der Waals surface area contributed by atoms with E-state index in [-0.39, 0.29) is 50.3 Å². The maximum absolute atomic E-state index is 13.5. The smallest absolute Gasteiger partial charge is 0.348 e. The number of likely N-dealkylation sites (N-methyl/N-ethyl adjacent to an activating group) is 1. The minimum atomic E-state index is -3.93. The van der Waals surface area contributed by atoms with E-state index in [1.165, 1.54) is 11.9 Å². The zero-order valence-electron chi connectivity index (χ0n) is 23.5. The number of nitro benzene ring substituents is 2. The number of anilines is 1. The molecule has 25 heteroatoms. The molecule has 0 spiro atoms. The largest absolute Gasteiger partial charge is 0.395 e. The zero-order chi connectivity index (χ0) is 34.9. The van der Waals surface area contributed by atoms with Gasteiger partial charge in [0.1, 0.15) is 5.69 Å². The van der Waals surface area contributed by atoms with E-state index in [1.54, 1.807) is 9.66 Å². The molecule has 0 radical (unpaired) electrons. The van der Waals surface area contributed by atoms with Crippen LogP contribution in [0.2, 0.25) is 0 Å². The van der Waals surface area contributed by atoms with Crippen LogP contribution in [0, 0.1) is 26.0 Å². The first-order chi connectivity index (χ1) is 21.1. The predicted octanol–water partition coefficient (Wildman–Crippen LogP) is -2.23. The van der Waals surface area contributed by atoms with Gasteiger partial charge in [-0.1, -0.05) is 0 Å². The van der Waals surface area contributed by atoms with Crippen LogP contribution in [0.15, 0.2) is 43.4 Å². The molecule has 0 saturated heterocycles. The van der Waals surface area contributed by atoms with Crippen LogP contribution in [0.1, 0.15) is 0 Å². The Balaban J connectivity index is 0.000000254. The Labute approximate surface area is 253 Å². The molecular formula is C21H22FN9O13S2. The molecule has 0 unspecified atom stereocenters. The van der Waals surface area contributed by atoms with E-state index in [2.05, 4.69) is 9.97 Å². The lowest BCUT2D eigenvalue weighted by Crippen LogP contribution is -2.43.